The van der Waals surface area contributed by atoms with E-state index in [1.165, 1.54) is 12.3 Å². The molecule has 2 aromatic heterocycles. The highest BCUT2D eigenvalue weighted by molar-refractivity contribution is 6.30. The fourth-order valence-electron chi connectivity index (χ4n) is 2.66. The molecule has 1 aliphatic rings. The van der Waals surface area contributed by atoms with Crippen molar-refractivity contribution in [1.82, 2.24) is 19.7 Å². The van der Waals surface area contributed by atoms with E-state index in [0.29, 0.717) is 31.9 Å². The normalized spacial score (nSPS) is 15.6. The monoisotopic (exact) mass is 337 g/mol. The summed E-state index contributed by atoms with van der Waals surface area (Å²) < 4.78 is 15.6. The lowest BCUT2D eigenvalue weighted by Crippen LogP contribution is -2.35. The van der Waals surface area contributed by atoms with Gasteiger partial charge in [-0.15, -0.1) is 0 Å². The van der Waals surface area contributed by atoms with Gasteiger partial charge in [-0.3, -0.25) is 9.48 Å². The number of aryl methyl sites for hydroxylation is 1. The molecule has 0 unspecified atom stereocenters. The average molecular weight is 338 g/mol. The molecule has 2 aromatic rings. The molecule has 122 valence electrons. The second-order valence-electron chi connectivity index (χ2n) is 5.47. The molecule has 1 aliphatic heterocycles. The van der Waals surface area contributed by atoms with Gasteiger partial charge < -0.3 is 9.80 Å². The van der Waals surface area contributed by atoms with Gasteiger partial charge in [0.15, 0.2) is 11.6 Å². The van der Waals surface area contributed by atoms with Gasteiger partial charge in [-0.1, -0.05) is 11.6 Å². The molecular weight excluding hydrogens is 321 g/mol. The summed E-state index contributed by atoms with van der Waals surface area (Å²) in [5.41, 5.74) is 0.428. The summed E-state index contributed by atoms with van der Waals surface area (Å²) in [6.07, 6.45) is 3.91. The SMILES string of the molecule is Cn1ccc(C(=O)N2CCCN(c3ncc(Cl)cc3F)CC2)n1. The molecule has 0 bridgehead atoms. The second kappa shape index (κ2) is 6.54. The maximum atomic E-state index is 14.0. The van der Waals surface area contributed by atoms with E-state index in [2.05, 4.69) is 10.1 Å². The van der Waals surface area contributed by atoms with E-state index < -0.39 is 5.82 Å². The van der Waals surface area contributed by atoms with E-state index in [4.69, 9.17) is 11.6 Å². The van der Waals surface area contributed by atoms with Crippen LogP contribution in [0.25, 0.3) is 0 Å². The zero-order valence-corrected chi connectivity index (χ0v) is 13.5. The van der Waals surface area contributed by atoms with E-state index >= 15 is 0 Å². The van der Waals surface area contributed by atoms with Crippen molar-refractivity contribution in [3.05, 3.63) is 41.1 Å². The third-order valence-corrected chi connectivity index (χ3v) is 4.01. The predicted molar refractivity (Wildman–Crippen MR) is 85.1 cm³/mol. The highest BCUT2D eigenvalue weighted by atomic mass is 35.5. The fraction of sp³-hybridized carbons (Fsp3) is 0.400. The molecule has 1 saturated heterocycles. The third-order valence-electron chi connectivity index (χ3n) is 3.80. The Morgan fingerprint density at radius 1 is 1.30 bits per heavy atom. The topological polar surface area (TPSA) is 54.3 Å². The highest BCUT2D eigenvalue weighted by Crippen LogP contribution is 2.21. The van der Waals surface area contributed by atoms with Crippen molar-refractivity contribution in [2.75, 3.05) is 31.1 Å². The van der Waals surface area contributed by atoms with Gasteiger partial charge in [-0.2, -0.15) is 5.10 Å². The number of hydrogen-bond donors (Lipinski definition) is 0. The summed E-state index contributed by atoms with van der Waals surface area (Å²) in [5.74, 6) is -0.263. The molecule has 8 heteroatoms. The first-order valence-corrected chi connectivity index (χ1v) is 7.77. The summed E-state index contributed by atoms with van der Waals surface area (Å²) in [5, 5.41) is 4.41. The first kappa shape index (κ1) is 15.7. The number of nitrogens with zero attached hydrogens (tertiary/aromatic N) is 5. The van der Waals surface area contributed by atoms with Crippen molar-refractivity contribution in [1.29, 1.82) is 0 Å². The number of carbonyl (C=O) groups excluding carboxylic acids is 1. The van der Waals surface area contributed by atoms with Gasteiger partial charge in [-0.05, 0) is 18.6 Å². The minimum atomic E-state index is -0.443. The van der Waals surface area contributed by atoms with Crippen LogP contribution in [-0.2, 0) is 7.05 Å². The van der Waals surface area contributed by atoms with Crippen LogP contribution in [0.3, 0.4) is 0 Å². The number of rotatable bonds is 2. The number of aromatic nitrogens is 3. The van der Waals surface area contributed by atoms with Crippen LogP contribution < -0.4 is 4.90 Å². The van der Waals surface area contributed by atoms with E-state index in [9.17, 15) is 9.18 Å². The Bertz CT molecular complexity index is 720. The number of carbonyl (C=O) groups is 1. The number of pyridine rings is 1. The van der Waals surface area contributed by atoms with E-state index in [1.807, 2.05) is 4.90 Å². The van der Waals surface area contributed by atoms with Gasteiger partial charge in [0, 0.05) is 45.6 Å². The zero-order chi connectivity index (χ0) is 16.4. The molecule has 0 spiro atoms. The first-order chi connectivity index (χ1) is 11.0. The highest BCUT2D eigenvalue weighted by Gasteiger charge is 2.23. The summed E-state index contributed by atoms with van der Waals surface area (Å²) in [4.78, 5) is 20.1. The standard InChI is InChI=1S/C15H17ClFN5O/c1-20-6-3-13(19-20)15(23)22-5-2-4-21(7-8-22)14-12(17)9-11(16)10-18-14/h3,6,9-10H,2,4-5,7-8H2,1H3. The zero-order valence-electron chi connectivity index (χ0n) is 12.7. The van der Waals surface area contributed by atoms with Crippen molar-refractivity contribution in [3.8, 4) is 0 Å². The lowest BCUT2D eigenvalue weighted by Gasteiger charge is -2.22. The molecule has 0 N–H and O–H groups in total. The molecule has 0 radical (unpaired) electrons. The third kappa shape index (κ3) is 3.44. The predicted octanol–water partition coefficient (Wildman–Crippen LogP) is 1.96. The van der Waals surface area contributed by atoms with Gasteiger partial charge in [0.25, 0.3) is 5.91 Å². The molecule has 3 rings (SSSR count). The molecule has 0 saturated carbocycles. The Hall–Kier alpha value is -2.15. The van der Waals surface area contributed by atoms with Gasteiger partial charge >= 0.3 is 0 Å². The van der Waals surface area contributed by atoms with E-state index in [0.717, 1.165) is 6.42 Å². The minimum Gasteiger partial charge on any atom is -0.352 e. The van der Waals surface area contributed by atoms with Crippen molar-refractivity contribution < 1.29 is 9.18 Å². The summed E-state index contributed by atoms with van der Waals surface area (Å²) in [6.45, 7) is 2.27. The Labute approximate surface area is 138 Å². The number of halogens is 2. The van der Waals surface area contributed by atoms with Gasteiger partial charge in [0.1, 0.15) is 5.69 Å². The minimum absolute atomic E-state index is 0.100. The average Bonchev–Trinajstić information content (AvgIpc) is 2.81. The van der Waals surface area contributed by atoms with Crippen molar-refractivity contribution in [2.45, 2.75) is 6.42 Å². The molecule has 1 fully saturated rings. The lowest BCUT2D eigenvalue weighted by atomic mass is 10.3. The fourth-order valence-corrected chi connectivity index (χ4v) is 2.81. The molecule has 0 aromatic carbocycles. The van der Waals surface area contributed by atoms with Crippen LogP contribution in [-0.4, -0.2) is 51.8 Å². The van der Waals surface area contributed by atoms with Gasteiger partial charge in [0.2, 0.25) is 0 Å². The summed E-state index contributed by atoms with van der Waals surface area (Å²) in [7, 11) is 1.77. The Balaban J connectivity index is 1.70. The number of amides is 1. The van der Waals surface area contributed by atoms with Crippen LogP contribution in [0.1, 0.15) is 16.9 Å². The van der Waals surface area contributed by atoms with Gasteiger partial charge in [0.05, 0.1) is 5.02 Å². The number of anilines is 1. The number of hydrogen-bond acceptors (Lipinski definition) is 4. The van der Waals surface area contributed by atoms with Crippen LogP contribution in [0.15, 0.2) is 24.5 Å². The second-order valence-corrected chi connectivity index (χ2v) is 5.90. The maximum Gasteiger partial charge on any atom is 0.274 e. The molecule has 3 heterocycles. The molecule has 1 amide bonds. The largest absolute Gasteiger partial charge is 0.352 e. The lowest BCUT2D eigenvalue weighted by molar-refractivity contribution is 0.0760. The van der Waals surface area contributed by atoms with Crippen molar-refractivity contribution in [2.24, 2.45) is 7.05 Å². The molecule has 23 heavy (non-hydrogen) atoms. The molecular formula is C15H17ClFN5O. The van der Waals surface area contributed by atoms with Crippen LogP contribution >= 0.6 is 11.6 Å². The molecule has 0 atom stereocenters. The van der Waals surface area contributed by atoms with Crippen molar-refractivity contribution >= 4 is 23.3 Å². The van der Waals surface area contributed by atoms with Crippen molar-refractivity contribution in [3.63, 3.8) is 0 Å². The van der Waals surface area contributed by atoms with Crippen LogP contribution in [0.5, 0.6) is 0 Å². The Kier molecular flexibility index (Phi) is 4.47. The van der Waals surface area contributed by atoms with Crippen LogP contribution in [0.4, 0.5) is 10.2 Å². The molecule has 0 aliphatic carbocycles. The summed E-state index contributed by atoms with van der Waals surface area (Å²) in [6, 6.07) is 2.96. The quantitative estimate of drug-likeness (QED) is 0.840. The van der Waals surface area contributed by atoms with E-state index in [1.54, 1.807) is 28.9 Å². The smallest absolute Gasteiger partial charge is 0.274 e. The van der Waals surface area contributed by atoms with Crippen LogP contribution in [0, 0.1) is 5.82 Å². The Morgan fingerprint density at radius 3 is 2.83 bits per heavy atom. The van der Waals surface area contributed by atoms with Crippen LogP contribution in [0.2, 0.25) is 5.02 Å². The maximum absolute atomic E-state index is 14.0. The Morgan fingerprint density at radius 2 is 2.13 bits per heavy atom. The van der Waals surface area contributed by atoms with Gasteiger partial charge in [-0.25, -0.2) is 9.37 Å². The van der Waals surface area contributed by atoms with E-state index in [-0.39, 0.29) is 16.7 Å². The molecule has 6 nitrogen and oxygen atoms in total. The summed E-state index contributed by atoms with van der Waals surface area (Å²) >= 11 is 5.74. The first-order valence-electron chi connectivity index (χ1n) is 7.39.